The molecule has 2 aliphatic rings. The van der Waals surface area contributed by atoms with E-state index in [0.29, 0.717) is 13.0 Å². The van der Waals surface area contributed by atoms with E-state index < -0.39 is 5.79 Å². The first-order valence-electron chi connectivity index (χ1n) is 7.83. The van der Waals surface area contributed by atoms with Crippen LogP contribution in [0.3, 0.4) is 0 Å². The molecule has 1 heterocycles. The maximum Gasteiger partial charge on any atom is 0.163 e. The molecule has 0 unspecified atom stereocenters. The number of ether oxygens (including phenoxy) is 4. The van der Waals surface area contributed by atoms with Crippen molar-refractivity contribution in [3.63, 3.8) is 0 Å². The summed E-state index contributed by atoms with van der Waals surface area (Å²) >= 11 is 0. The van der Waals surface area contributed by atoms with Crippen LogP contribution < -0.4 is 0 Å². The summed E-state index contributed by atoms with van der Waals surface area (Å²) in [5.41, 5.74) is -0.555. The third kappa shape index (κ3) is 3.13. The average molecular weight is 302 g/mol. The van der Waals surface area contributed by atoms with Gasteiger partial charge in [0, 0.05) is 25.0 Å². The summed E-state index contributed by atoms with van der Waals surface area (Å²) in [6.45, 7) is 9.26. The van der Waals surface area contributed by atoms with Gasteiger partial charge in [-0.15, -0.1) is 0 Å². The van der Waals surface area contributed by atoms with Crippen molar-refractivity contribution >= 4 is 0 Å². The van der Waals surface area contributed by atoms with Crippen molar-refractivity contribution in [2.45, 2.75) is 64.4 Å². The largest absolute Gasteiger partial charge is 0.396 e. The second-order valence-electron chi connectivity index (χ2n) is 7.19. The van der Waals surface area contributed by atoms with E-state index in [1.54, 1.807) is 7.11 Å². The van der Waals surface area contributed by atoms with Gasteiger partial charge in [0.05, 0.1) is 18.3 Å². The zero-order chi connectivity index (χ0) is 15.7. The van der Waals surface area contributed by atoms with Crippen molar-refractivity contribution in [3.05, 3.63) is 0 Å². The van der Waals surface area contributed by atoms with E-state index >= 15 is 0 Å². The lowest BCUT2D eigenvalue weighted by Gasteiger charge is -2.59. The van der Waals surface area contributed by atoms with Crippen molar-refractivity contribution in [3.8, 4) is 0 Å². The van der Waals surface area contributed by atoms with Gasteiger partial charge in [-0.1, -0.05) is 6.92 Å². The Kier molecular flexibility index (Phi) is 5.01. The van der Waals surface area contributed by atoms with E-state index in [2.05, 4.69) is 13.8 Å². The number of aliphatic hydroxyl groups is 1. The molecule has 5 heteroatoms. The summed E-state index contributed by atoms with van der Waals surface area (Å²) in [4.78, 5) is 0. The molecule has 0 radical (unpaired) electrons. The van der Waals surface area contributed by atoms with Crippen LogP contribution in [0.1, 0.15) is 47.0 Å². The Morgan fingerprint density at radius 2 is 1.95 bits per heavy atom. The Hall–Kier alpha value is -0.200. The molecule has 0 aromatic rings. The standard InChI is InChI=1S/C16H30O5/c1-14(2)19-10-12-13(21-14)6-7-16(4,20-11-18-5)15(12,3)8-9-17/h12-13,17H,6-11H2,1-5H3/t12-,13-,15-,16-/m0/s1. The summed E-state index contributed by atoms with van der Waals surface area (Å²) in [6.07, 6.45) is 2.66. The fourth-order valence-electron chi connectivity index (χ4n) is 3.94. The van der Waals surface area contributed by atoms with E-state index in [-0.39, 0.29) is 36.4 Å². The molecule has 1 aliphatic carbocycles. The molecule has 5 nitrogen and oxygen atoms in total. The van der Waals surface area contributed by atoms with Gasteiger partial charge in [-0.05, 0) is 40.0 Å². The van der Waals surface area contributed by atoms with E-state index in [1.165, 1.54) is 0 Å². The second kappa shape index (κ2) is 6.13. The molecule has 0 spiro atoms. The van der Waals surface area contributed by atoms with Crippen LogP contribution in [0, 0.1) is 11.3 Å². The smallest absolute Gasteiger partial charge is 0.163 e. The minimum atomic E-state index is -0.525. The lowest BCUT2D eigenvalue weighted by molar-refractivity contribution is -0.339. The van der Waals surface area contributed by atoms with Crippen molar-refractivity contribution in [2.75, 3.05) is 27.1 Å². The highest BCUT2D eigenvalue weighted by Crippen LogP contribution is 2.55. The number of methoxy groups -OCH3 is 1. The lowest BCUT2D eigenvalue weighted by atomic mass is 9.56. The molecule has 1 saturated heterocycles. The molecule has 0 amide bonds. The van der Waals surface area contributed by atoms with Crippen molar-refractivity contribution in [1.29, 1.82) is 0 Å². The van der Waals surface area contributed by atoms with Crippen molar-refractivity contribution in [2.24, 2.45) is 11.3 Å². The van der Waals surface area contributed by atoms with Crippen LogP contribution in [0.15, 0.2) is 0 Å². The molecule has 0 aromatic heterocycles. The molecule has 4 atom stereocenters. The molecule has 1 N–H and O–H groups in total. The zero-order valence-electron chi connectivity index (χ0n) is 14.0. The van der Waals surface area contributed by atoms with Gasteiger partial charge in [0.15, 0.2) is 5.79 Å². The first-order valence-corrected chi connectivity index (χ1v) is 7.83. The van der Waals surface area contributed by atoms with Crippen molar-refractivity contribution in [1.82, 2.24) is 0 Å². The van der Waals surface area contributed by atoms with Crippen molar-refractivity contribution < 1.29 is 24.1 Å². The molecular formula is C16H30O5. The fourth-order valence-corrected chi connectivity index (χ4v) is 3.94. The SMILES string of the molecule is COCO[C@@]1(C)CC[C@@H]2OC(C)(C)OC[C@@H]2[C@]1(C)CCO. The molecule has 2 fully saturated rings. The second-order valence-corrected chi connectivity index (χ2v) is 7.19. The van der Waals surface area contributed by atoms with Gasteiger partial charge in [-0.3, -0.25) is 0 Å². The van der Waals surface area contributed by atoms with Gasteiger partial charge >= 0.3 is 0 Å². The highest BCUT2D eigenvalue weighted by atomic mass is 16.7. The van der Waals surface area contributed by atoms with E-state index in [4.69, 9.17) is 18.9 Å². The molecule has 1 saturated carbocycles. The average Bonchev–Trinajstić information content (AvgIpc) is 2.41. The monoisotopic (exact) mass is 302 g/mol. The summed E-state index contributed by atoms with van der Waals surface area (Å²) in [7, 11) is 1.63. The van der Waals surface area contributed by atoms with E-state index in [0.717, 1.165) is 12.8 Å². The van der Waals surface area contributed by atoms with Gasteiger partial charge in [-0.2, -0.15) is 0 Å². The van der Waals surface area contributed by atoms with Crippen LogP contribution in [0.5, 0.6) is 0 Å². The van der Waals surface area contributed by atoms with E-state index in [9.17, 15) is 5.11 Å². The number of rotatable bonds is 5. The molecular weight excluding hydrogens is 272 g/mol. The highest BCUT2D eigenvalue weighted by Gasteiger charge is 2.58. The first kappa shape index (κ1) is 17.2. The molecule has 2 rings (SSSR count). The third-order valence-electron chi connectivity index (χ3n) is 5.55. The maximum atomic E-state index is 9.57. The maximum absolute atomic E-state index is 9.57. The lowest BCUT2D eigenvalue weighted by Crippen LogP contribution is -2.63. The minimum absolute atomic E-state index is 0.134. The third-order valence-corrected chi connectivity index (χ3v) is 5.55. The van der Waals surface area contributed by atoms with Crippen LogP contribution in [-0.4, -0.2) is 49.7 Å². The topological polar surface area (TPSA) is 57.2 Å². The Bertz CT molecular complexity index is 359. The Morgan fingerprint density at radius 3 is 2.57 bits per heavy atom. The van der Waals surface area contributed by atoms with Gasteiger partial charge < -0.3 is 24.1 Å². The van der Waals surface area contributed by atoms with Crippen LogP contribution in [0.4, 0.5) is 0 Å². The Morgan fingerprint density at radius 1 is 1.24 bits per heavy atom. The normalized spacial score (nSPS) is 42.6. The molecule has 0 bridgehead atoms. The first-order chi connectivity index (χ1) is 9.78. The number of fused-ring (bicyclic) bond motifs is 1. The van der Waals surface area contributed by atoms with Crippen LogP contribution in [0.25, 0.3) is 0 Å². The van der Waals surface area contributed by atoms with Gasteiger partial charge in [0.2, 0.25) is 0 Å². The fraction of sp³-hybridized carbons (Fsp3) is 1.00. The van der Waals surface area contributed by atoms with Gasteiger partial charge in [0.25, 0.3) is 0 Å². The van der Waals surface area contributed by atoms with Crippen LogP contribution >= 0.6 is 0 Å². The predicted molar refractivity (Wildman–Crippen MR) is 78.8 cm³/mol. The van der Waals surface area contributed by atoms with Gasteiger partial charge in [0.1, 0.15) is 6.79 Å². The summed E-state index contributed by atoms with van der Waals surface area (Å²) < 4.78 is 23.2. The quantitative estimate of drug-likeness (QED) is 0.790. The van der Waals surface area contributed by atoms with Crippen LogP contribution in [-0.2, 0) is 18.9 Å². The Balaban J connectivity index is 2.24. The molecule has 1 aliphatic heterocycles. The zero-order valence-corrected chi connectivity index (χ0v) is 14.0. The predicted octanol–water partition coefficient (Wildman–Crippen LogP) is 2.32. The Labute approximate surface area is 127 Å². The number of aliphatic hydroxyl groups excluding tert-OH is 1. The summed E-state index contributed by atoms with van der Waals surface area (Å²) in [5.74, 6) is -0.309. The highest BCUT2D eigenvalue weighted by molar-refractivity contribution is 5.06. The van der Waals surface area contributed by atoms with Crippen LogP contribution in [0.2, 0.25) is 0 Å². The summed E-state index contributed by atoms with van der Waals surface area (Å²) in [6, 6.07) is 0. The minimum Gasteiger partial charge on any atom is -0.396 e. The summed E-state index contributed by atoms with van der Waals surface area (Å²) in [5, 5.41) is 9.57. The molecule has 0 aromatic carbocycles. The van der Waals surface area contributed by atoms with E-state index in [1.807, 2.05) is 13.8 Å². The number of hydrogen-bond donors (Lipinski definition) is 1. The molecule has 21 heavy (non-hydrogen) atoms. The van der Waals surface area contributed by atoms with Gasteiger partial charge in [-0.25, -0.2) is 0 Å². The number of hydrogen-bond acceptors (Lipinski definition) is 5. The molecule has 124 valence electrons.